The van der Waals surface area contributed by atoms with Gasteiger partial charge in [0.2, 0.25) is 5.95 Å². The quantitative estimate of drug-likeness (QED) is 0.681. The summed E-state index contributed by atoms with van der Waals surface area (Å²) in [4.78, 5) is 10.2. The zero-order chi connectivity index (χ0) is 14.1. The van der Waals surface area contributed by atoms with E-state index in [9.17, 15) is 0 Å². The van der Waals surface area contributed by atoms with Gasteiger partial charge in [-0.25, -0.2) is 4.98 Å². The summed E-state index contributed by atoms with van der Waals surface area (Å²) in [5, 5.41) is 3.82. The van der Waals surface area contributed by atoms with Crippen molar-refractivity contribution in [1.29, 1.82) is 0 Å². The number of aromatic nitrogens is 2. The molecule has 5 N–H and O–H groups in total. The highest BCUT2D eigenvalue weighted by molar-refractivity contribution is 7.80. The Morgan fingerprint density at radius 1 is 1.15 bits per heavy atom. The van der Waals surface area contributed by atoms with Crippen molar-refractivity contribution in [1.82, 2.24) is 14.9 Å². The molecule has 0 saturated heterocycles. The molecular formula is C13H14N6S. The van der Waals surface area contributed by atoms with Crippen molar-refractivity contribution in [3.63, 3.8) is 0 Å². The van der Waals surface area contributed by atoms with Crippen LogP contribution in [0.15, 0.2) is 30.3 Å². The van der Waals surface area contributed by atoms with Crippen LogP contribution in [0.4, 0.5) is 17.5 Å². The van der Waals surface area contributed by atoms with Crippen molar-refractivity contribution in [2.45, 2.75) is 13.1 Å². The zero-order valence-corrected chi connectivity index (χ0v) is 11.5. The molecule has 1 aliphatic heterocycles. The molecular weight excluding hydrogens is 272 g/mol. The smallest absolute Gasteiger partial charge is 0.222 e. The van der Waals surface area contributed by atoms with Crippen molar-refractivity contribution < 1.29 is 0 Å². The van der Waals surface area contributed by atoms with Crippen molar-refractivity contribution >= 4 is 34.8 Å². The van der Waals surface area contributed by atoms with Gasteiger partial charge in [0.15, 0.2) is 5.11 Å². The number of nitrogens with one attached hydrogen (secondary N) is 1. The third-order valence-electron chi connectivity index (χ3n) is 3.14. The van der Waals surface area contributed by atoms with Crippen LogP contribution in [-0.2, 0) is 13.1 Å². The van der Waals surface area contributed by atoms with Crippen LogP contribution in [0, 0.1) is 0 Å². The molecule has 1 aromatic heterocycles. The molecule has 0 amide bonds. The summed E-state index contributed by atoms with van der Waals surface area (Å²) in [6.45, 7) is 1.19. The number of nitrogens with zero attached hydrogens (tertiary/aromatic N) is 3. The summed E-state index contributed by atoms with van der Waals surface area (Å²) in [6.07, 6.45) is 0. The van der Waals surface area contributed by atoms with Gasteiger partial charge in [-0.2, -0.15) is 4.98 Å². The minimum atomic E-state index is 0.199. The fourth-order valence-corrected chi connectivity index (χ4v) is 2.41. The van der Waals surface area contributed by atoms with E-state index in [1.54, 1.807) is 0 Å². The molecule has 3 rings (SSSR count). The fraction of sp³-hybridized carbons (Fsp3) is 0.154. The van der Waals surface area contributed by atoms with Gasteiger partial charge in [-0.3, -0.25) is 0 Å². The minimum absolute atomic E-state index is 0.199. The van der Waals surface area contributed by atoms with Gasteiger partial charge >= 0.3 is 0 Å². The normalized spacial score (nSPS) is 13.1. The molecule has 1 aromatic carbocycles. The highest BCUT2D eigenvalue weighted by Gasteiger charge is 2.25. The molecule has 20 heavy (non-hydrogen) atoms. The van der Waals surface area contributed by atoms with Crippen LogP contribution in [0.1, 0.15) is 11.3 Å². The number of hydrogen-bond donors (Lipinski definition) is 3. The van der Waals surface area contributed by atoms with Gasteiger partial charge < -0.3 is 21.7 Å². The van der Waals surface area contributed by atoms with Gasteiger partial charge in [0.05, 0.1) is 18.8 Å². The van der Waals surface area contributed by atoms with Gasteiger partial charge in [0, 0.05) is 11.3 Å². The molecule has 0 aliphatic carbocycles. The van der Waals surface area contributed by atoms with E-state index in [4.69, 9.17) is 23.7 Å². The predicted molar refractivity (Wildman–Crippen MR) is 82.8 cm³/mol. The third-order valence-corrected chi connectivity index (χ3v) is 3.50. The van der Waals surface area contributed by atoms with Crippen LogP contribution in [0.25, 0.3) is 0 Å². The summed E-state index contributed by atoms with van der Waals surface area (Å²) in [6, 6.07) is 9.78. The molecule has 0 atom stereocenters. The first-order chi connectivity index (χ1) is 9.63. The summed E-state index contributed by atoms with van der Waals surface area (Å²) >= 11 is 5.41. The lowest BCUT2D eigenvalue weighted by Crippen LogP contribution is -2.30. The lowest BCUT2D eigenvalue weighted by atomic mass is 10.2. The highest BCUT2D eigenvalue weighted by Crippen LogP contribution is 2.26. The molecule has 0 bridgehead atoms. The molecule has 1 aliphatic rings. The summed E-state index contributed by atoms with van der Waals surface area (Å²) < 4.78 is 0. The Labute approximate surface area is 121 Å². The van der Waals surface area contributed by atoms with Crippen LogP contribution >= 0.6 is 12.2 Å². The van der Waals surface area contributed by atoms with E-state index >= 15 is 0 Å². The van der Waals surface area contributed by atoms with E-state index in [1.807, 2.05) is 35.2 Å². The molecule has 0 fully saturated rings. The average Bonchev–Trinajstić information content (AvgIpc) is 2.84. The predicted octanol–water partition coefficient (Wildman–Crippen LogP) is 1.35. The number of rotatable bonds is 1. The molecule has 2 heterocycles. The number of anilines is 3. The van der Waals surface area contributed by atoms with E-state index in [-0.39, 0.29) is 5.95 Å². The standard InChI is InChI=1S/C13H14N6S/c14-11-9-6-19(7-10(9)17-12(15)18-11)13(20)16-8-4-2-1-3-5-8/h1-5H,6-7H2,(H,16,20)(H4,14,15,17,18). The van der Waals surface area contributed by atoms with E-state index in [2.05, 4.69) is 15.3 Å². The number of hydrogen-bond acceptors (Lipinski definition) is 5. The topological polar surface area (TPSA) is 93.1 Å². The Balaban J connectivity index is 1.75. The van der Waals surface area contributed by atoms with E-state index in [1.165, 1.54) is 0 Å². The highest BCUT2D eigenvalue weighted by atomic mass is 32.1. The number of thiocarbonyl (C=S) groups is 1. The number of para-hydroxylation sites is 1. The maximum atomic E-state index is 5.87. The van der Waals surface area contributed by atoms with Crippen LogP contribution in [0.2, 0.25) is 0 Å². The second-order valence-electron chi connectivity index (χ2n) is 4.54. The summed E-state index contributed by atoms with van der Waals surface area (Å²) in [7, 11) is 0. The Kier molecular flexibility index (Phi) is 3.11. The molecule has 0 unspecified atom stereocenters. The van der Waals surface area contributed by atoms with E-state index < -0.39 is 0 Å². The van der Waals surface area contributed by atoms with Crippen LogP contribution in [-0.4, -0.2) is 20.0 Å². The van der Waals surface area contributed by atoms with E-state index in [0.717, 1.165) is 16.9 Å². The SMILES string of the molecule is Nc1nc(N)c2c(n1)CN(C(=S)Nc1ccccc1)C2. The van der Waals surface area contributed by atoms with Gasteiger partial charge in [0.1, 0.15) is 5.82 Å². The first-order valence-corrected chi connectivity index (χ1v) is 6.56. The zero-order valence-electron chi connectivity index (χ0n) is 10.7. The van der Waals surface area contributed by atoms with Crippen LogP contribution in [0.5, 0.6) is 0 Å². The first-order valence-electron chi connectivity index (χ1n) is 6.15. The molecule has 0 saturated carbocycles. The van der Waals surface area contributed by atoms with Crippen molar-refractivity contribution in [3.05, 3.63) is 41.6 Å². The van der Waals surface area contributed by atoms with Crippen LogP contribution < -0.4 is 16.8 Å². The molecule has 0 radical (unpaired) electrons. The Morgan fingerprint density at radius 3 is 2.65 bits per heavy atom. The molecule has 6 nitrogen and oxygen atoms in total. The molecule has 0 spiro atoms. The molecule has 2 aromatic rings. The number of fused-ring (bicyclic) bond motifs is 1. The second kappa shape index (κ2) is 4.93. The Morgan fingerprint density at radius 2 is 1.90 bits per heavy atom. The third kappa shape index (κ3) is 2.35. The molecule has 102 valence electrons. The maximum absolute atomic E-state index is 5.87. The van der Waals surface area contributed by atoms with Crippen molar-refractivity contribution in [3.8, 4) is 0 Å². The number of nitrogens with two attached hydrogens (primary N) is 2. The Bertz CT molecular complexity index is 657. The summed E-state index contributed by atoms with van der Waals surface area (Å²) in [5.74, 6) is 0.627. The van der Waals surface area contributed by atoms with Gasteiger partial charge in [-0.15, -0.1) is 0 Å². The Hall–Kier alpha value is -2.41. The summed E-state index contributed by atoms with van der Waals surface area (Å²) in [5.41, 5.74) is 14.2. The maximum Gasteiger partial charge on any atom is 0.222 e. The lowest BCUT2D eigenvalue weighted by molar-refractivity contribution is 0.452. The van der Waals surface area contributed by atoms with Crippen molar-refractivity contribution in [2.75, 3.05) is 16.8 Å². The largest absolute Gasteiger partial charge is 0.383 e. The van der Waals surface area contributed by atoms with Gasteiger partial charge in [-0.05, 0) is 24.4 Å². The first kappa shape index (κ1) is 12.6. The average molecular weight is 286 g/mol. The van der Waals surface area contributed by atoms with Crippen LogP contribution in [0.3, 0.4) is 0 Å². The van der Waals surface area contributed by atoms with Crippen molar-refractivity contribution in [2.24, 2.45) is 0 Å². The monoisotopic (exact) mass is 286 g/mol. The number of nitrogen functional groups attached to an aromatic ring is 2. The second-order valence-corrected chi connectivity index (χ2v) is 4.93. The van der Waals surface area contributed by atoms with E-state index in [0.29, 0.717) is 24.0 Å². The minimum Gasteiger partial charge on any atom is -0.383 e. The fourth-order valence-electron chi connectivity index (χ4n) is 2.17. The van der Waals surface area contributed by atoms with Gasteiger partial charge in [-0.1, -0.05) is 18.2 Å². The lowest BCUT2D eigenvalue weighted by Gasteiger charge is -2.19. The van der Waals surface area contributed by atoms with Gasteiger partial charge in [0.25, 0.3) is 0 Å². The number of benzene rings is 1. The molecule has 7 heteroatoms.